The molecule has 1 aromatic heterocycles. The number of anilines is 1. The number of benzene rings is 3. The first kappa shape index (κ1) is 25.0. The minimum absolute atomic E-state index is 0.0167. The zero-order valence-corrected chi connectivity index (χ0v) is 20.3. The maximum atomic E-state index is 15.1. The van der Waals surface area contributed by atoms with Crippen molar-refractivity contribution >= 4 is 28.5 Å². The highest BCUT2D eigenvalue weighted by atomic mass is 19.1. The number of hydrogen-bond acceptors (Lipinski definition) is 4. The standard InChI is InChI=1S/C27H27F2N5O2/c1-4-27(2,3)30-26(36)25(20-9-5-6-10-21(20)29)34(19-15-13-18(28)14-16-19)24(35)17-33-23-12-8-7-11-22(23)31-32-33/h5-16,25H,4,17H2,1-3H3,(H,30,36)/t25-/m1/s1. The summed E-state index contributed by atoms with van der Waals surface area (Å²) in [6, 6.07) is 16.7. The number of carbonyl (C=O) groups is 2. The van der Waals surface area contributed by atoms with Crippen LogP contribution in [-0.2, 0) is 16.1 Å². The molecule has 4 aromatic rings. The van der Waals surface area contributed by atoms with Crippen molar-refractivity contribution in [3.05, 3.63) is 90.0 Å². The molecule has 4 rings (SSSR count). The van der Waals surface area contributed by atoms with E-state index in [0.29, 0.717) is 17.5 Å². The van der Waals surface area contributed by atoms with E-state index < -0.39 is 35.0 Å². The van der Waals surface area contributed by atoms with Crippen molar-refractivity contribution in [2.75, 3.05) is 4.90 Å². The average molecular weight is 492 g/mol. The molecular weight excluding hydrogens is 464 g/mol. The van der Waals surface area contributed by atoms with E-state index in [9.17, 15) is 14.0 Å². The Balaban J connectivity index is 1.83. The van der Waals surface area contributed by atoms with E-state index in [1.807, 2.05) is 26.8 Å². The molecule has 36 heavy (non-hydrogen) atoms. The van der Waals surface area contributed by atoms with Crippen molar-refractivity contribution in [3.8, 4) is 0 Å². The molecule has 0 spiro atoms. The van der Waals surface area contributed by atoms with Crippen LogP contribution in [0.2, 0.25) is 0 Å². The van der Waals surface area contributed by atoms with E-state index in [1.165, 1.54) is 52.0 Å². The van der Waals surface area contributed by atoms with Crippen molar-refractivity contribution in [2.45, 2.75) is 45.3 Å². The topological polar surface area (TPSA) is 80.1 Å². The van der Waals surface area contributed by atoms with Crippen LogP contribution >= 0.6 is 0 Å². The van der Waals surface area contributed by atoms with Gasteiger partial charge in [0, 0.05) is 16.8 Å². The zero-order valence-electron chi connectivity index (χ0n) is 20.3. The number of nitrogens with one attached hydrogen (secondary N) is 1. The van der Waals surface area contributed by atoms with Gasteiger partial charge in [0.05, 0.1) is 5.52 Å². The lowest BCUT2D eigenvalue weighted by Gasteiger charge is -2.34. The molecule has 0 bridgehead atoms. The molecule has 0 saturated carbocycles. The number of carbonyl (C=O) groups excluding carboxylic acids is 2. The Morgan fingerprint density at radius 1 is 1.00 bits per heavy atom. The van der Waals surface area contributed by atoms with Crippen molar-refractivity contribution in [2.24, 2.45) is 0 Å². The number of nitrogens with zero attached hydrogens (tertiary/aromatic N) is 4. The second-order valence-electron chi connectivity index (χ2n) is 9.13. The number of fused-ring (bicyclic) bond motifs is 1. The molecule has 0 saturated heterocycles. The highest BCUT2D eigenvalue weighted by Gasteiger charge is 2.36. The Labute approximate surface area is 207 Å². The van der Waals surface area contributed by atoms with Gasteiger partial charge in [-0.2, -0.15) is 0 Å². The van der Waals surface area contributed by atoms with Crippen molar-refractivity contribution in [3.63, 3.8) is 0 Å². The van der Waals surface area contributed by atoms with E-state index in [2.05, 4.69) is 15.6 Å². The quantitative estimate of drug-likeness (QED) is 0.384. The molecule has 0 radical (unpaired) electrons. The first-order chi connectivity index (χ1) is 17.2. The zero-order chi connectivity index (χ0) is 25.9. The molecule has 0 fully saturated rings. The number of hydrogen-bond donors (Lipinski definition) is 1. The maximum absolute atomic E-state index is 15.1. The van der Waals surface area contributed by atoms with E-state index in [1.54, 1.807) is 24.3 Å². The molecular formula is C27H27F2N5O2. The molecule has 1 heterocycles. The summed E-state index contributed by atoms with van der Waals surface area (Å²) >= 11 is 0. The number of aromatic nitrogens is 3. The van der Waals surface area contributed by atoms with Gasteiger partial charge in [-0.25, -0.2) is 13.5 Å². The van der Waals surface area contributed by atoms with Crippen LogP contribution in [0.3, 0.4) is 0 Å². The Hall–Kier alpha value is -4.14. The summed E-state index contributed by atoms with van der Waals surface area (Å²) in [5.74, 6) is -2.26. The van der Waals surface area contributed by atoms with Crippen molar-refractivity contribution < 1.29 is 18.4 Å². The molecule has 0 aliphatic heterocycles. The highest BCUT2D eigenvalue weighted by molar-refractivity contribution is 6.01. The molecule has 0 aliphatic carbocycles. The third-order valence-electron chi connectivity index (χ3n) is 6.13. The van der Waals surface area contributed by atoms with Crippen LogP contribution in [-0.4, -0.2) is 32.3 Å². The molecule has 1 atom stereocenters. The Kier molecular flexibility index (Phi) is 7.10. The van der Waals surface area contributed by atoms with Crippen molar-refractivity contribution in [1.29, 1.82) is 0 Å². The fraction of sp³-hybridized carbons (Fsp3) is 0.259. The minimum Gasteiger partial charge on any atom is -0.349 e. The Bertz CT molecular complexity index is 1380. The third-order valence-corrected chi connectivity index (χ3v) is 6.13. The number of halogens is 2. The molecule has 2 amide bonds. The molecule has 186 valence electrons. The first-order valence-corrected chi connectivity index (χ1v) is 11.6. The van der Waals surface area contributed by atoms with Gasteiger partial charge in [0.25, 0.3) is 0 Å². The van der Waals surface area contributed by atoms with Gasteiger partial charge in [-0.05, 0) is 62.7 Å². The van der Waals surface area contributed by atoms with Crippen LogP contribution in [0.1, 0.15) is 38.8 Å². The van der Waals surface area contributed by atoms with Gasteiger partial charge in [0.1, 0.15) is 29.7 Å². The van der Waals surface area contributed by atoms with Gasteiger partial charge in [-0.3, -0.25) is 14.5 Å². The van der Waals surface area contributed by atoms with E-state index in [-0.39, 0.29) is 17.8 Å². The molecule has 3 aromatic carbocycles. The second kappa shape index (κ2) is 10.2. The lowest BCUT2D eigenvalue weighted by atomic mass is 9.98. The van der Waals surface area contributed by atoms with Crippen molar-refractivity contribution in [1.82, 2.24) is 20.3 Å². The summed E-state index contributed by atoms with van der Waals surface area (Å²) in [7, 11) is 0. The Morgan fingerprint density at radius 3 is 2.36 bits per heavy atom. The van der Waals surface area contributed by atoms with Crippen LogP contribution in [0.5, 0.6) is 0 Å². The summed E-state index contributed by atoms with van der Waals surface area (Å²) in [6.45, 7) is 5.33. The van der Waals surface area contributed by atoms with Crippen LogP contribution in [0, 0.1) is 11.6 Å². The van der Waals surface area contributed by atoms with Crippen LogP contribution in [0.25, 0.3) is 11.0 Å². The van der Waals surface area contributed by atoms with Gasteiger partial charge >= 0.3 is 0 Å². The fourth-order valence-electron chi connectivity index (χ4n) is 3.86. The van der Waals surface area contributed by atoms with Gasteiger partial charge in [-0.15, -0.1) is 5.10 Å². The van der Waals surface area contributed by atoms with E-state index in [4.69, 9.17) is 0 Å². The summed E-state index contributed by atoms with van der Waals surface area (Å²) in [5.41, 5.74) is 0.877. The average Bonchev–Trinajstić information content (AvgIpc) is 3.26. The number of rotatable bonds is 8. The molecule has 0 unspecified atom stereocenters. The van der Waals surface area contributed by atoms with Gasteiger partial charge in [0.2, 0.25) is 11.8 Å². The Morgan fingerprint density at radius 2 is 1.67 bits per heavy atom. The largest absolute Gasteiger partial charge is 0.349 e. The summed E-state index contributed by atoms with van der Waals surface area (Å²) in [4.78, 5) is 28.7. The lowest BCUT2D eigenvalue weighted by molar-refractivity contribution is -0.128. The second-order valence-corrected chi connectivity index (χ2v) is 9.13. The van der Waals surface area contributed by atoms with E-state index in [0.717, 1.165) is 0 Å². The number of para-hydroxylation sites is 1. The first-order valence-electron chi connectivity index (χ1n) is 11.6. The van der Waals surface area contributed by atoms with Crippen LogP contribution < -0.4 is 10.2 Å². The molecule has 1 N–H and O–H groups in total. The third kappa shape index (κ3) is 5.25. The fourth-order valence-corrected chi connectivity index (χ4v) is 3.86. The molecule has 9 heteroatoms. The molecule has 0 aliphatic rings. The molecule has 7 nitrogen and oxygen atoms in total. The maximum Gasteiger partial charge on any atom is 0.249 e. The summed E-state index contributed by atoms with van der Waals surface area (Å²) in [5, 5.41) is 11.1. The summed E-state index contributed by atoms with van der Waals surface area (Å²) in [6.07, 6.45) is 0.609. The summed E-state index contributed by atoms with van der Waals surface area (Å²) < 4.78 is 30.3. The highest BCUT2D eigenvalue weighted by Crippen LogP contribution is 2.31. The predicted octanol–water partition coefficient (Wildman–Crippen LogP) is 4.79. The number of amides is 2. The van der Waals surface area contributed by atoms with E-state index >= 15 is 4.39 Å². The van der Waals surface area contributed by atoms with Gasteiger partial charge < -0.3 is 5.32 Å². The van der Waals surface area contributed by atoms with Crippen LogP contribution in [0.4, 0.5) is 14.5 Å². The monoisotopic (exact) mass is 491 g/mol. The SMILES string of the molecule is CCC(C)(C)NC(=O)[C@@H](c1ccccc1F)N(C(=O)Cn1nnc2ccccc21)c1ccc(F)cc1. The normalized spacial score (nSPS) is 12.4. The smallest absolute Gasteiger partial charge is 0.249 e. The minimum atomic E-state index is -1.36. The lowest BCUT2D eigenvalue weighted by Crippen LogP contribution is -2.51. The van der Waals surface area contributed by atoms with Crippen LogP contribution in [0.15, 0.2) is 72.8 Å². The van der Waals surface area contributed by atoms with Gasteiger partial charge in [0.15, 0.2) is 0 Å². The van der Waals surface area contributed by atoms with Gasteiger partial charge in [-0.1, -0.05) is 42.5 Å². The predicted molar refractivity (Wildman–Crippen MR) is 133 cm³/mol.